The number of benzene rings is 1. The van der Waals surface area contributed by atoms with E-state index in [1.807, 2.05) is 30.1 Å². The lowest BCUT2D eigenvalue weighted by molar-refractivity contribution is -0.130. The third-order valence-electron chi connectivity index (χ3n) is 3.98. The van der Waals surface area contributed by atoms with Gasteiger partial charge in [0.05, 0.1) is 7.11 Å². The van der Waals surface area contributed by atoms with Crippen LogP contribution < -0.4 is 10.1 Å². The van der Waals surface area contributed by atoms with E-state index >= 15 is 0 Å². The molecule has 2 rings (SSSR count). The summed E-state index contributed by atoms with van der Waals surface area (Å²) in [6.07, 6.45) is 2.36. The van der Waals surface area contributed by atoms with Gasteiger partial charge in [0.1, 0.15) is 5.75 Å². The van der Waals surface area contributed by atoms with Crippen molar-refractivity contribution in [1.82, 2.24) is 10.2 Å². The largest absolute Gasteiger partial charge is 0.496 e. The smallest absolute Gasteiger partial charge is 0.222 e. The normalized spacial score (nSPS) is 18.0. The van der Waals surface area contributed by atoms with Crippen LogP contribution >= 0.6 is 15.9 Å². The molecular weight excluding hydrogens is 332 g/mol. The zero-order valence-corrected chi connectivity index (χ0v) is 14.3. The fraction of sp³-hybridized carbons (Fsp3) is 0.562. The molecule has 1 aliphatic heterocycles. The van der Waals surface area contributed by atoms with E-state index in [1.165, 1.54) is 0 Å². The molecule has 21 heavy (non-hydrogen) atoms. The molecule has 1 aromatic carbocycles. The van der Waals surface area contributed by atoms with Crippen LogP contribution in [0.3, 0.4) is 0 Å². The molecule has 1 aliphatic rings. The maximum absolute atomic E-state index is 12.3. The van der Waals surface area contributed by atoms with Crippen LogP contribution in [0.25, 0.3) is 0 Å². The summed E-state index contributed by atoms with van der Waals surface area (Å²) < 4.78 is 6.37. The molecule has 5 heteroatoms. The maximum Gasteiger partial charge on any atom is 0.222 e. The first-order valence-electron chi connectivity index (χ1n) is 7.38. The summed E-state index contributed by atoms with van der Waals surface area (Å²) in [5.74, 6) is 1.69. The Morgan fingerprint density at radius 3 is 3.05 bits per heavy atom. The van der Waals surface area contributed by atoms with Gasteiger partial charge in [-0.1, -0.05) is 15.9 Å². The topological polar surface area (TPSA) is 41.6 Å². The number of hydrogen-bond acceptors (Lipinski definition) is 3. The van der Waals surface area contributed by atoms with Crippen LogP contribution in [-0.2, 0) is 11.2 Å². The van der Waals surface area contributed by atoms with E-state index in [1.54, 1.807) is 7.11 Å². The monoisotopic (exact) mass is 354 g/mol. The third-order valence-corrected chi connectivity index (χ3v) is 4.48. The van der Waals surface area contributed by atoms with Crippen molar-refractivity contribution in [2.45, 2.75) is 19.3 Å². The number of rotatable bonds is 6. The Kier molecular flexibility index (Phi) is 6.06. The van der Waals surface area contributed by atoms with E-state index in [0.717, 1.165) is 41.8 Å². The van der Waals surface area contributed by atoms with Gasteiger partial charge in [-0.15, -0.1) is 0 Å². The summed E-state index contributed by atoms with van der Waals surface area (Å²) in [6.45, 7) is 2.76. The summed E-state index contributed by atoms with van der Waals surface area (Å²) in [7, 11) is 3.63. The second kappa shape index (κ2) is 7.80. The standard InChI is InChI=1S/C16H23BrN2O2/c1-18-10-12-7-8-19(11-12)16(20)6-3-13-9-14(17)4-5-15(13)21-2/h4-5,9,12,18H,3,6-8,10-11H2,1-2H3. The van der Waals surface area contributed by atoms with Gasteiger partial charge in [-0.3, -0.25) is 4.79 Å². The van der Waals surface area contributed by atoms with Gasteiger partial charge in [0.25, 0.3) is 0 Å². The minimum atomic E-state index is 0.246. The molecule has 0 spiro atoms. The first kappa shape index (κ1) is 16.3. The van der Waals surface area contributed by atoms with Gasteiger partial charge >= 0.3 is 0 Å². The van der Waals surface area contributed by atoms with Crippen molar-refractivity contribution in [3.05, 3.63) is 28.2 Å². The lowest BCUT2D eigenvalue weighted by atomic mass is 10.1. The highest BCUT2D eigenvalue weighted by molar-refractivity contribution is 9.10. The van der Waals surface area contributed by atoms with Gasteiger partial charge in [-0.25, -0.2) is 0 Å². The van der Waals surface area contributed by atoms with E-state index in [9.17, 15) is 4.79 Å². The number of carbonyl (C=O) groups is 1. The number of aryl methyl sites for hydroxylation is 1. The Labute approximate surface area is 135 Å². The van der Waals surface area contributed by atoms with Crippen molar-refractivity contribution in [1.29, 1.82) is 0 Å². The Morgan fingerprint density at radius 2 is 2.33 bits per heavy atom. The van der Waals surface area contributed by atoms with Crippen molar-refractivity contribution in [3.8, 4) is 5.75 Å². The summed E-state index contributed by atoms with van der Waals surface area (Å²) in [5.41, 5.74) is 1.08. The highest BCUT2D eigenvalue weighted by Crippen LogP contribution is 2.25. The van der Waals surface area contributed by atoms with Gasteiger partial charge in [0, 0.05) is 24.0 Å². The molecule has 1 fully saturated rings. The fourth-order valence-electron chi connectivity index (χ4n) is 2.86. The average Bonchev–Trinajstić information content (AvgIpc) is 2.94. The van der Waals surface area contributed by atoms with Gasteiger partial charge < -0.3 is 15.0 Å². The number of methoxy groups -OCH3 is 1. The molecule has 0 saturated carbocycles. The predicted molar refractivity (Wildman–Crippen MR) is 87.6 cm³/mol. The van der Waals surface area contributed by atoms with Crippen LogP contribution in [0.1, 0.15) is 18.4 Å². The number of nitrogens with zero attached hydrogens (tertiary/aromatic N) is 1. The van der Waals surface area contributed by atoms with E-state index in [0.29, 0.717) is 18.8 Å². The molecule has 0 aliphatic carbocycles. The molecular formula is C16H23BrN2O2. The lowest BCUT2D eigenvalue weighted by Gasteiger charge is -2.17. The Morgan fingerprint density at radius 1 is 1.52 bits per heavy atom. The molecule has 116 valence electrons. The van der Waals surface area contributed by atoms with E-state index < -0.39 is 0 Å². The molecule has 0 aromatic heterocycles. The zero-order valence-electron chi connectivity index (χ0n) is 12.7. The van der Waals surface area contributed by atoms with Crippen LogP contribution in [0.5, 0.6) is 5.75 Å². The maximum atomic E-state index is 12.3. The van der Waals surface area contributed by atoms with Crippen molar-refractivity contribution in [2.75, 3.05) is 33.8 Å². The number of hydrogen-bond donors (Lipinski definition) is 1. The molecule has 1 heterocycles. The Hall–Kier alpha value is -1.07. The van der Waals surface area contributed by atoms with Crippen LogP contribution in [0, 0.1) is 5.92 Å². The Bertz CT molecular complexity index is 493. The van der Waals surface area contributed by atoms with Gasteiger partial charge in [-0.05, 0) is 56.1 Å². The minimum absolute atomic E-state index is 0.246. The van der Waals surface area contributed by atoms with Gasteiger partial charge in [0.2, 0.25) is 5.91 Å². The zero-order chi connectivity index (χ0) is 15.2. The number of nitrogens with one attached hydrogen (secondary N) is 1. The molecule has 1 aromatic rings. The fourth-order valence-corrected chi connectivity index (χ4v) is 3.27. The second-order valence-electron chi connectivity index (χ2n) is 5.51. The van der Waals surface area contributed by atoms with E-state index in [2.05, 4.69) is 21.2 Å². The van der Waals surface area contributed by atoms with E-state index in [4.69, 9.17) is 4.74 Å². The van der Waals surface area contributed by atoms with Crippen LogP contribution in [0.15, 0.2) is 22.7 Å². The summed E-state index contributed by atoms with van der Waals surface area (Å²) in [5, 5.41) is 3.19. The molecule has 1 amide bonds. The summed E-state index contributed by atoms with van der Waals surface area (Å²) in [6, 6.07) is 5.91. The molecule has 1 N–H and O–H groups in total. The van der Waals surface area contributed by atoms with Crippen molar-refractivity contribution in [2.24, 2.45) is 5.92 Å². The number of likely N-dealkylation sites (tertiary alicyclic amines) is 1. The first-order valence-corrected chi connectivity index (χ1v) is 8.18. The first-order chi connectivity index (χ1) is 10.1. The third kappa shape index (κ3) is 4.45. The molecule has 4 nitrogen and oxygen atoms in total. The SMILES string of the molecule is CNCC1CCN(C(=O)CCc2cc(Br)ccc2OC)C1. The molecule has 1 saturated heterocycles. The lowest BCUT2D eigenvalue weighted by Crippen LogP contribution is -2.30. The minimum Gasteiger partial charge on any atom is -0.496 e. The Balaban J connectivity index is 1.88. The van der Waals surface area contributed by atoms with E-state index in [-0.39, 0.29) is 5.91 Å². The number of halogens is 1. The number of carbonyl (C=O) groups excluding carboxylic acids is 1. The van der Waals surface area contributed by atoms with Crippen LogP contribution in [0.4, 0.5) is 0 Å². The quantitative estimate of drug-likeness (QED) is 0.852. The number of amides is 1. The summed E-state index contributed by atoms with van der Waals surface area (Å²) >= 11 is 3.47. The summed E-state index contributed by atoms with van der Waals surface area (Å²) in [4.78, 5) is 14.3. The average molecular weight is 355 g/mol. The predicted octanol–water partition coefficient (Wildman–Crippen LogP) is 2.46. The van der Waals surface area contributed by atoms with Crippen LogP contribution in [-0.4, -0.2) is 44.6 Å². The van der Waals surface area contributed by atoms with Crippen LogP contribution in [0.2, 0.25) is 0 Å². The van der Waals surface area contributed by atoms with Crippen molar-refractivity contribution in [3.63, 3.8) is 0 Å². The molecule has 0 bridgehead atoms. The highest BCUT2D eigenvalue weighted by atomic mass is 79.9. The molecule has 0 radical (unpaired) electrons. The molecule has 1 atom stereocenters. The van der Waals surface area contributed by atoms with Gasteiger partial charge in [0.15, 0.2) is 0 Å². The molecule has 1 unspecified atom stereocenters. The number of ether oxygens (including phenoxy) is 1. The second-order valence-corrected chi connectivity index (χ2v) is 6.42. The van der Waals surface area contributed by atoms with Gasteiger partial charge in [-0.2, -0.15) is 0 Å². The highest BCUT2D eigenvalue weighted by Gasteiger charge is 2.25. The van der Waals surface area contributed by atoms with Crippen molar-refractivity contribution < 1.29 is 9.53 Å². The van der Waals surface area contributed by atoms with Crippen molar-refractivity contribution >= 4 is 21.8 Å².